The van der Waals surface area contributed by atoms with Crippen molar-refractivity contribution in [3.63, 3.8) is 0 Å². The van der Waals surface area contributed by atoms with E-state index in [1.54, 1.807) is 0 Å². The highest BCUT2D eigenvalue weighted by atomic mass is 32.1. The number of benzene rings is 8. The fourth-order valence-electron chi connectivity index (χ4n) is 8.27. The fourth-order valence-corrected chi connectivity index (χ4v) is 10.7. The van der Waals surface area contributed by atoms with E-state index in [1.807, 2.05) is 22.7 Å². The van der Waals surface area contributed by atoms with Crippen LogP contribution in [0, 0.1) is 6.92 Å². The topological polar surface area (TPSA) is 11.4 Å². The predicted molar refractivity (Wildman–Crippen MR) is 243 cm³/mol. The van der Waals surface area contributed by atoms with E-state index in [0.717, 1.165) is 39.8 Å². The summed E-state index contributed by atoms with van der Waals surface area (Å²) in [6, 6.07) is 70.6. The Morgan fingerprint density at radius 1 is 0.375 bits per heavy atom. The van der Waals surface area contributed by atoms with E-state index in [-0.39, 0.29) is 0 Å². The van der Waals surface area contributed by atoms with Crippen LogP contribution in [0.4, 0.5) is 34.1 Å². The van der Waals surface area contributed by atoms with E-state index in [2.05, 4.69) is 215 Å². The Hall–Kier alpha value is -6.66. The van der Waals surface area contributed by atoms with Crippen LogP contribution in [0.5, 0.6) is 0 Å². The Morgan fingerprint density at radius 3 is 1.52 bits per heavy atom. The van der Waals surface area contributed by atoms with Gasteiger partial charge in [-0.25, -0.2) is 0 Å². The minimum absolute atomic E-state index is 1.12. The molecule has 0 atom stereocenters. The Labute approximate surface area is 333 Å². The fraction of sp³-hybridized carbons (Fsp3) is 0.0196. The Bertz CT molecular complexity index is 3160. The van der Waals surface area contributed by atoms with Gasteiger partial charge in [-0.1, -0.05) is 97.1 Å². The number of thiophene rings is 2. The average molecular weight is 754 g/mol. The van der Waals surface area contributed by atoms with Crippen molar-refractivity contribution in [1.82, 2.24) is 4.57 Å². The number of fused-ring (bicyclic) bond motifs is 8. The van der Waals surface area contributed by atoms with E-state index in [0.29, 0.717) is 0 Å². The number of rotatable bonds is 7. The number of para-hydroxylation sites is 4. The summed E-state index contributed by atoms with van der Waals surface area (Å²) < 4.78 is 6.36. The number of hydrogen-bond acceptors (Lipinski definition) is 4. The van der Waals surface area contributed by atoms with Crippen LogP contribution in [0.25, 0.3) is 57.1 Å². The highest BCUT2D eigenvalue weighted by Crippen LogP contribution is 2.47. The molecule has 56 heavy (non-hydrogen) atoms. The highest BCUT2D eigenvalue weighted by molar-refractivity contribution is 7.26. The maximum Gasteiger partial charge on any atom is 0.109 e. The summed E-state index contributed by atoms with van der Waals surface area (Å²) in [5.41, 5.74) is 10.4. The molecule has 0 N–H and O–H groups in total. The lowest BCUT2D eigenvalue weighted by Gasteiger charge is -2.26. The van der Waals surface area contributed by atoms with Crippen molar-refractivity contribution in [1.29, 1.82) is 0 Å². The van der Waals surface area contributed by atoms with Crippen molar-refractivity contribution in [3.8, 4) is 5.69 Å². The van der Waals surface area contributed by atoms with E-state index >= 15 is 0 Å². The first-order valence-electron chi connectivity index (χ1n) is 18.9. The van der Waals surface area contributed by atoms with E-state index in [9.17, 15) is 0 Å². The van der Waals surface area contributed by atoms with Gasteiger partial charge in [-0.3, -0.25) is 0 Å². The molecular weight excluding hydrogens is 719 g/mol. The van der Waals surface area contributed by atoms with Crippen LogP contribution in [0.3, 0.4) is 0 Å². The summed E-state index contributed by atoms with van der Waals surface area (Å²) in [7, 11) is 0. The zero-order valence-corrected chi connectivity index (χ0v) is 32.3. The summed E-state index contributed by atoms with van der Waals surface area (Å²) >= 11 is 3.74. The third-order valence-electron chi connectivity index (χ3n) is 10.8. The van der Waals surface area contributed by atoms with Crippen molar-refractivity contribution in [2.45, 2.75) is 6.92 Å². The lowest BCUT2D eigenvalue weighted by Crippen LogP contribution is -2.09. The minimum atomic E-state index is 1.12. The molecular formula is C51H35N3S2. The van der Waals surface area contributed by atoms with Gasteiger partial charge in [0.15, 0.2) is 0 Å². The van der Waals surface area contributed by atoms with Gasteiger partial charge in [0, 0.05) is 80.8 Å². The van der Waals surface area contributed by atoms with Crippen LogP contribution < -0.4 is 9.80 Å². The molecule has 0 fully saturated rings. The molecule has 0 bridgehead atoms. The molecule has 8 aromatic carbocycles. The predicted octanol–water partition coefficient (Wildman–Crippen LogP) is 15.6. The molecule has 0 aliphatic carbocycles. The highest BCUT2D eigenvalue weighted by Gasteiger charge is 2.22. The summed E-state index contributed by atoms with van der Waals surface area (Å²) in [6.45, 7) is 2.17. The molecule has 0 unspecified atom stereocenters. The molecule has 3 heterocycles. The zero-order chi connectivity index (χ0) is 37.2. The first kappa shape index (κ1) is 32.7. The molecule has 0 aliphatic rings. The van der Waals surface area contributed by atoms with Crippen LogP contribution in [0.15, 0.2) is 194 Å². The first-order chi connectivity index (χ1) is 27.7. The van der Waals surface area contributed by atoms with Gasteiger partial charge in [-0.2, -0.15) is 0 Å². The van der Waals surface area contributed by atoms with Crippen LogP contribution >= 0.6 is 22.7 Å². The molecule has 3 aromatic heterocycles. The van der Waals surface area contributed by atoms with Crippen molar-refractivity contribution < 1.29 is 0 Å². The van der Waals surface area contributed by atoms with Crippen LogP contribution in [0.2, 0.25) is 0 Å². The Balaban J connectivity index is 1.13. The van der Waals surface area contributed by atoms with Gasteiger partial charge in [0.25, 0.3) is 0 Å². The van der Waals surface area contributed by atoms with Gasteiger partial charge < -0.3 is 14.4 Å². The second kappa shape index (κ2) is 13.3. The molecule has 0 amide bonds. The Morgan fingerprint density at radius 2 is 0.875 bits per heavy atom. The number of anilines is 6. The molecule has 0 radical (unpaired) electrons. The quantitative estimate of drug-likeness (QED) is 0.161. The summed E-state index contributed by atoms with van der Waals surface area (Å²) in [4.78, 5) is 6.00. The number of nitrogens with zero attached hydrogens (tertiary/aromatic N) is 3. The maximum absolute atomic E-state index is 2.46. The molecule has 3 nitrogen and oxygen atoms in total. The molecule has 11 rings (SSSR count). The van der Waals surface area contributed by atoms with Crippen molar-refractivity contribution in [2.75, 3.05) is 9.80 Å². The van der Waals surface area contributed by atoms with E-state index in [4.69, 9.17) is 0 Å². The number of hydrogen-bond donors (Lipinski definition) is 0. The van der Waals surface area contributed by atoms with Crippen molar-refractivity contribution in [3.05, 3.63) is 200 Å². The van der Waals surface area contributed by atoms with E-state index < -0.39 is 0 Å². The summed E-state index contributed by atoms with van der Waals surface area (Å²) in [5.74, 6) is 0. The third kappa shape index (κ3) is 5.39. The van der Waals surface area contributed by atoms with Crippen LogP contribution in [0.1, 0.15) is 5.56 Å². The summed E-state index contributed by atoms with van der Waals surface area (Å²) in [5, 5.41) is 6.41. The molecule has 266 valence electrons. The normalized spacial score (nSPS) is 11.7. The standard InChI is InChI=1S/C51H35N3S2/c1-34-22-26-42-43-27-23-41(33-49(43)55-48(42)30-34)53(37-18-10-4-11-19-37)40-24-28-44-46(32-40)54(38-20-12-5-13-21-38)51-50(44)45-31-39(25-29-47(45)56-51)52(35-14-6-2-7-15-35)36-16-8-3-9-17-36/h2-33H,1H3. The average Bonchev–Trinajstić information content (AvgIpc) is 3.90. The van der Waals surface area contributed by atoms with E-state index in [1.165, 1.54) is 56.9 Å². The lowest BCUT2D eigenvalue weighted by atomic mass is 10.1. The molecule has 0 saturated heterocycles. The smallest absolute Gasteiger partial charge is 0.109 e. The van der Waals surface area contributed by atoms with Crippen molar-refractivity contribution >= 4 is 108 Å². The van der Waals surface area contributed by atoms with Crippen molar-refractivity contribution in [2.24, 2.45) is 0 Å². The van der Waals surface area contributed by atoms with Gasteiger partial charge >= 0.3 is 0 Å². The largest absolute Gasteiger partial charge is 0.310 e. The number of aromatic nitrogens is 1. The first-order valence-corrected chi connectivity index (χ1v) is 20.6. The minimum Gasteiger partial charge on any atom is -0.310 e. The van der Waals surface area contributed by atoms with Gasteiger partial charge in [-0.05, 0) is 110 Å². The second-order valence-corrected chi connectivity index (χ2v) is 16.4. The molecule has 0 spiro atoms. The second-order valence-electron chi connectivity index (χ2n) is 14.3. The van der Waals surface area contributed by atoms with Gasteiger partial charge in [0.05, 0.1) is 5.52 Å². The number of aryl methyl sites for hydroxylation is 1. The van der Waals surface area contributed by atoms with Crippen LogP contribution in [-0.2, 0) is 0 Å². The molecule has 11 aromatic rings. The van der Waals surface area contributed by atoms with Gasteiger partial charge in [0.2, 0.25) is 0 Å². The zero-order valence-electron chi connectivity index (χ0n) is 30.6. The lowest BCUT2D eigenvalue weighted by molar-refractivity contribution is 1.19. The SMILES string of the molecule is Cc1ccc2c(c1)sc1cc(N(c3ccccc3)c3ccc4c5c6cc(N(c7ccccc7)c7ccccc7)ccc6sc5n(-c5ccccc5)c4c3)ccc12. The van der Waals surface area contributed by atoms with Crippen LogP contribution in [-0.4, -0.2) is 4.57 Å². The Kier molecular flexibility index (Phi) is 7.76. The molecule has 0 saturated carbocycles. The maximum atomic E-state index is 2.46. The summed E-state index contributed by atoms with van der Waals surface area (Å²) in [6.07, 6.45) is 0. The van der Waals surface area contributed by atoms with Gasteiger partial charge in [0.1, 0.15) is 4.83 Å². The third-order valence-corrected chi connectivity index (χ3v) is 13.1. The van der Waals surface area contributed by atoms with Gasteiger partial charge in [-0.15, -0.1) is 22.7 Å². The molecule has 5 heteroatoms. The monoisotopic (exact) mass is 753 g/mol. The molecule has 0 aliphatic heterocycles.